The highest BCUT2D eigenvalue weighted by Gasteiger charge is 2.20. The molecular weight excluding hydrogens is 242 g/mol. The maximum absolute atomic E-state index is 11.8. The number of hydrogen-bond acceptors (Lipinski definition) is 4. The summed E-state index contributed by atoms with van der Waals surface area (Å²) in [5.41, 5.74) is 1.02. The van der Waals surface area contributed by atoms with Crippen molar-refractivity contribution in [3.8, 4) is 6.07 Å². The summed E-state index contributed by atoms with van der Waals surface area (Å²) in [4.78, 5) is 13.9. The van der Waals surface area contributed by atoms with Crippen LogP contribution in [-0.2, 0) is 4.79 Å². The summed E-state index contributed by atoms with van der Waals surface area (Å²) >= 11 is 0. The number of para-hydroxylation sites is 1. The molecule has 0 unspecified atom stereocenters. The molecule has 0 bridgehead atoms. The number of aliphatic hydroxyl groups is 1. The van der Waals surface area contributed by atoms with E-state index in [1.54, 1.807) is 24.3 Å². The molecule has 0 saturated carbocycles. The predicted molar refractivity (Wildman–Crippen MR) is 71.5 cm³/mol. The monoisotopic (exact) mass is 259 g/mol. The van der Waals surface area contributed by atoms with Gasteiger partial charge in [-0.1, -0.05) is 12.1 Å². The zero-order valence-electron chi connectivity index (χ0n) is 10.7. The van der Waals surface area contributed by atoms with Gasteiger partial charge in [0.1, 0.15) is 6.07 Å². The van der Waals surface area contributed by atoms with E-state index in [2.05, 4.69) is 10.2 Å². The van der Waals surface area contributed by atoms with Gasteiger partial charge in [-0.25, -0.2) is 0 Å². The van der Waals surface area contributed by atoms with E-state index in [1.165, 1.54) is 0 Å². The zero-order valence-corrected chi connectivity index (χ0v) is 10.7. The highest BCUT2D eigenvalue weighted by Crippen LogP contribution is 2.14. The molecule has 1 aromatic rings. The van der Waals surface area contributed by atoms with Gasteiger partial charge in [0.05, 0.1) is 17.4 Å². The minimum Gasteiger partial charge on any atom is -0.392 e. The maximum atomic E-state index is 11.8. The van der Waals surface area contributed by atoms with Crippen LogP contribution in [0.2, 0.25) is 0 Å². The SMILES string of the molecule is N#Cc1ccccc1NC(=O)CCN1CC[C@@H](O)C1. The molecule has 1 fully saturated rings. The summed E-state index contributed by atoms with van der Waals surface area (Å²) in [7, 11) is 0. The van der Waals surface area contributed by atoms with Gasteiger partial charge in [0.25, 0.3) is 0 Å². The van der Waals surface area contributed by atoms with Crippen LogP contribution in [0.15, 0.2) is 24.3 Å². The minimum absolute atomic E-state index is 0.107. The molecule has 5 nitrogen and oxygen atoms in total. The van der Waals surface area contributed by atoms with Crippen molar-refractivity contribution in [2.75, 3.05) is 25.0 Å². The van der Waals surface area contributed by atoms with Crippen LogP contribution in [0.1, 0.15) is 18.4 Å². The zero-order chi connectivity index (χ0) is 13.7. The smallest absolute Gasteiger partial charge is 0.225 e. The lowest BCUT2D eigenvalue weighted by molar-refractivity contribution is -0.116. The molecule has 0 aromatic heterocycles. The maximum Gasteiger partial charge on any atom is 0.225 e. The Kier molecular flexibility index (Phi) is 4.50. The second-order valence-corrected chi connectivity index (χ2v) is 4.70. The van der Waals surface area contributed by atoms with E-state index in [4.69, 9.17) is 5.26 Å². The fraction of sp³-hybridized carbons (Fsp3) is 0.429. The molecule has 1 saturated heterocycles. The van der Waals surface area contributed by atoms with Crippen molar-refractivity contribution in [3.05, 3.63) is 29.8 Å². The van der Waals surface area contributed by atoms with Crippen molar-refractivity contribution in [1.29, 1.82) is 5.26 Å². The van der Waals surface area contributed by atoms with Gasteiger partial charge in [0.2, 0.25) is 5.91 Å². The van der Waals surface area contributed by atoms with Crippen molar-refractivity contribution in [1.82, 2.24) is 4.90 Å². The number of rotatable bonds is 4. The molecule has 19 heavy (non-hydrogen) atoms. The number of β-amino-alcohol motifs (C(OH)–C–C–N with tert-alkyl or cyclic N) is 1. The van der Waals surface area contributed by atoms with Crippen molar-refractivity contribution >= 4 is 11.6 Å². The minimum atomic E-state index is -0.262. The molecule has 1 heterocycles. The highest BCUT2D eigenvalue weighted by molar-refractivity contribution is 5.92. The van der Waals surface area contributed by atoms with Crippen LogP contribution >= 0.6 is 0 Å². The third-order valence-electron chi connectivity index (χ3n) is 3.22. The molecule has 5 heteroatoms. The van der Waals surface area contributed by atoms with Crippen LogP contribution in [0.4, 0.5) is 5.69 Å². The van der Waals surface area contributed by atoms with Crippen molar-refractivity contribution in [3.63, 3.8) is 0 Å². The average molecular weight is 259 g/mol. The van der Waals surface area contributed by atoms with Crippen molar-refractivity contribution in [2.45, 2.75) is 18.9 Å². The molecule has 2 N–H and O–H groups in total. The Hall–Kier alpha value is -1.90. The van der Waals surface area contributed by atoms with E-state index in [-0.39, 0.29) is 12.0 Å². The first-order valence-corrected chi connectivity index (χ1v) is 6.38. The number of anilines is 1. The number of aliphatic hydroxyl groups excluding tert-OH is 1. The molecule has 1 amide bonds. The quantitative estimate of drug-likeness (QED) is 0.844. The number of carbonyl (C=O) groups excluding carboxylic acids is 1. The molecule has 1 atom stereocenters. The Labute approximate surface area is 112 Å². The van der Waals surface area contributed by atoms with Gasteiger partial charge < -0.3 is 15.3 Å². The van der Waals surface area contributed by atoms with Gasteiger partial charge in [-0.3, -0.25) is 4.79 Å². The molecule has 0 radical (unpaired) electrons. The number of amides is 1. The van der Waals surface area contributed by atoms with Crippen LogP contribution < -0.4 is 5.32 Å². The number of benzene rings is 1. The number of likely N-dealkylation sites (tertiary alicyclic amines) is 1. The fourth-order valence-corrected chi connectivity index (χ4v) is 2.18. The molecule has 100 valence electrons. The van der Waals surface area contributed by atoms with E-state index < -0.39 is 0 Å². The third kappa shape index (κ3) is 3.78. The first-order valence-electron chi connectivity index (χ1n) is 6.38. The van der Waals surface area contributed by atoms with E-state index in [9.17, 15) is 9.90 Å². The second kappa shape index (κ2) is 6.32. The fourth-order valence-electron chi connectivity index (χ4n) is 2.18. The van der Waals surface area contributed by atoms with Crippen LogP contribution in [-0.4, -0.2) is 41.7 Å². The first kappa shape index (κ1) is 13.5. The molecule has 0 spiro atoms. The van der Waals surface area contributed by atoms with Crippen LogP contribution in [0.3, 0.4) is 0 Å². The summed E-state index contributed by atoms with van der Waals surface area (Å²) in [5.74, 6) is -0.107. The topological polar surface area (TPSA) is 76.4 Å². The number of nitrogens with zero attached hydrogens (tertiary/aromatic N) is 2. The Balaban J connectivity index is 1.83. The highest BCUT2D eigenvalue weighted by atomic mass is 16.3. The first-order chi connectivity index (χ1) is 9.19. The Bertz CT molecular complexity index is 496. The van der Waals surface area contributed by atoms with Crippen LogP contribution in [0.25, 0.3) is 0 Å². The number of hydrogen-bond donors (Lipinski definition) is 2. The van der Waals surface area contributed by atoms with Gasteiger partial charge in [-0.05, 0) is 18.6 Å². The molecule has 1 aliphatic rings. The van der Waals surface area contributed by atoms with Gasteiger partial charge in [0, 0.05) is 26.1 Å². The largest absolute Gasteiger partial charge is 0.392 e. The summed E-state index contributed by atoms with van der Waals surface area (Å²) in [6, 6.07) is 8.99. The standard InChI is InChI=1S/C14H17N3O2/c15-9-11-3-1-2-4-13(11)16-14(19)6-8-17-7-5-12(18)10-17/h1-4,12,18H,5-8,10H2,(H,16,19)/t12-/m1/s1. The Morgan fingerprint density at radius 3 is 3.00 bits per heavy atom. The van der Waals surface area contributed by atoms with Gasteiger partial charge in [-0.15, -0.1) is 0 Å². The summed E-state index contributed by atoms with van der Waals surface area (Å²) < 4.78 is 0. The third-order valence-corrected chi connectivity index (χ3v) is 3.22. The summed E-state index contributed by atoms with van der Waals surface area (Å²) in [6.45, 7) is 2.11. The second-order valence-electron chi connectivity index (χ2n) is 4.70. The molecule has 1 aliphatic heterocycles. The van der Waals surface area contributed by atoms with E-state index >= 15 is 0 Å². The molecule has 1 aromatic carbocycles. The van der Waals surface area contributed by atoms with Gasteiger partial charge >= 0.3 is 0 Å². The van der Waals surface area contributed by atoms with Crippen molar-refractivity contribution in [2.24, 2.45) is 0 Å². The van der Waals surface area contributed by atoms with Crippen LogP contribution in [0.5, 0.6) is 0 Å². The van der Waals surface area contributed by atoms with Crippen LogP contribution in [0, 0.1) is 11.3 Å². The van der Waals surface area contributed by atoms with Gasteiger partial charge in [-0.2, -0.15) is 5.26 Å². The summed E-state index contributed by atoms with van der Waals surface area (Å²) in [5, 5.41) is 21.1. The summed E-state index contributed by atoms with van der Waals surface area (Å²) in [6.07, 6.45) is 0.883. The molecule has 0 aliphatic carbocycles. The Morgan fingerprint density at radius 1 is 1.53 bits per heavy atom. The lowest BCUT2D eigenvalue weighted by Gasteiger charge is -2.14. The normalized spacial score (nSPS) is 19.1. The van der Waals surface area contributed by atoms with E-state index in [0.717, 1.165) is 13.0 Å². The Morgan fingerprint density at radius 2 is 2.32 bits per heavy atom. The predicted octanol–water partition coefficient (Wildman–Crippen LogP) is 0.953. The van der Waals surface area contributed by atoms with E-state index in [0.29, 0.717) is 30.8 Å². The molecular formula is C14H17N3O2. The lowest BCUT2D eigenvalue weighted by Crippen LogP contribution is -2.26. The lowest BCUT2D eigenvalue weighted by atomic mass is 10.2. The number of carbonyl (C=O) groups is 1. The van der Waals surface area contributed by atoms with Crippen molar-refractivity contribution < 1.29 is 9.90 Å². The average Bonchev–Trinajstić information content (AvgIpc) is 2.83. The van der Waals surface area contributed by atoms with Gasteiger partial charge in [0.15, 0.2) is 0 Å². The molecule has 2 rings (SSSR count). The number of nitriles is 1. The number of nitrogens with one attached hydrogen (secondary N) is 1. The van der Waals surface area contributed by atoms with E-state index in [1.807, 2.05) is 6.07 Å².